The SMILES string of the molecule is CN(C)c1cc(NC(=O)NCc2ccc3c(c2)CC(=O)N3C)ccc1Cl. The monoisotopic (exact) mass is 372 g/mol. The van der Waals surface area contributed by atoms with Crippen molar-refractivity contribution >= 4 is 40.6 Å². The van der Waals surface area contributed by atoms with Gasteiger partial charge in [-0.2, -0.15) is 0 Å². The van der Waals surface area contributed by atoms with E-state index in [1.807, 2.05) is 43.3 Å². The fraction of sp³-hybridized carbons (Fsp3) is 0.263. The maximum absolute atomic E-state index is 12.2. The molecule has 0 unspecified atom stereocenters. The minimum Gasteiger partial charge on any atom is -0.376 e. The Morgan fingerprint density at radius 3 is 2.73 bits per heavy atom. The lowest BCUT2D eigenvalue weighted by atomic mass is 10.1. The van der Waals surface area contributed by atoms with Crippen LogP contribution in [-0.4, -0.2) is 33.1 Å². The Balaban J connectivity index is 1.61. The summed E-state index contributed by atoms with van der Waals surface area (Å²) in [6, 6.07) is 10.8. The molecule has 0 fully saturated rings. The van der Waals surface area contributed by atoms with Gasteiger partial charge in [-0.15, -0.1) is 0 Å². The molecule has 1 aliphatic rings. The van der Waals surface area contributed by atoms with Crippen LogP contribution in [-0.2, 0) is 17.8 Å². The standard InChI is InChI=1S/C19H21ClN4O2/c1-23(2)17-10-14(5-6-15(17)20)22-19(26)21-11-12-4-7-16-13(8-12)9-18(25)24(16)3/h4-8,10H,9,11H2,1-3H3,(H2,21,22,26). The van der Waals surface area contributed by atoms with Crippen LogP contribution in [0.4, 0.5) is 21.9 Å². The highest BCUT2D eigenvalue weighted by Gasteiger charge is 2.23. The second-order valence-electron chi connectivity index (χ2n) is 6.46. The number of anilines is 3. The second-order valence-corrected chi connectivity index (χ2v) is 6.87. The van der Waals surface area contributed by atoms with Gasteiger partial charge in [-0.05, 0) is 35.4 Å². The molecule has 0 saturated heterocycles. The van der Waals surface area contributed by atoms with E-state index in [9.17, 15) is 9.59 Å². The van der Waals surface area contributed by atoms with Crippen LogP contribution in [0.2, 0.25) is 5.02 Å². The minimum atomic E-state index is -0.300. The normalized spacial score (nSPS) is 12.8. The first-order valence-electron chi connectivity index (χ1n) is 8.25. The van der Waals surface area contributed by atoms with Gasteiger partial charge < -0.3 is 20.4 Å². The maximum atomic E-state index is 12.2. The summed E-state index contributed by atoms with van der Waals surface area (Å²) in [5.74, 6) is 0.0855. The largest absolute Gasteiger partial charge is 0.376 e. The molecule has 136 valence electrons. The number of nitrogens with zero attached hydrogens (tertiary/aromatic N) is 2. The van der Waals surface area contributed by atoms with E-state index < -0.39 is 0 Å². The lowest BCUT2D eigenvalue weighted by molar-refractivity contribution is -0.117. The molecule has 2 aromatic carbocycles. The number of nitrogens with one attached hydrogen (secondary N) is 2. The molecule has 0 atom stereocenters. The van der Waals surface area contributed by atoms with Gasteiger partial charge in [0.2, 0.25) is 5.91 Å². The fourth-order valence-electron chi connectivity index (χ4n) is 2.92. The van der Waals surface area contributed by atoms with E-state index in [4.69, 9.17) is 11.6 Å². The van der Waals surface area contributed by atoms with Crippen LogP contribution in [0.3, 0.4) is 0 Å². The van der Waals surface area contributed by atoms with Crippen molar-refractivity contribution in [2.45, 2.75) is 13.0 Å². The van der Waals surface area contributed by atoms with Crippen molar-refractivity contribution in [3.05, 3.63) is 52.5 Å². The van der Waals surface area contributed by atoms with Gasteiger partial charge >= 0.3 is 6.03 Å². The molecule has 26 heavy (non-hydrogen) atoms. The number of amides is 3. The first kappa shape index (κ1) is 18.1. The lowest BCUT2D eigenvalue weighted by Gasteiger charge is -2.16. The van der Waals surface area contributed by atoms with E-state index in [-0.39, 0.29) is 11.9 Å². The third-order valence-electron chi connectivity index (χ3n) is 4.36. The molecule has 6 nitrogen and oxygen atoms in total. The number of hydrogen-bond acceptors (Lipinski definition) is 3. The van der Waals surface area contributed by atoms with Crippen LogP contribution in [0.25, 0.3) is 0 Å². The van der Waals surface area contributed by atoms with Gasteiger partial charge in [-0.1, -0.05) is 23.7 Å². The Labute approximate surface area is 157 Å². The molecule has 1 aliphatic heterocycles. The molecular formula is C19H21ClN4O2. The highest BCUT2D eigenvalue weighted by atomic mass is 35.5. The van der Waals surface area contributed by atoms with E-state index in [0.717, 1.165) is 22.5 Å². The molecule has 0 aliphatic carbocycles. The summed E-state index contributed by atoms with van der Waals surface area (Å²) in [7, 11) is 5.55. The summed E-state index contributed by atoms with van der Waals surface area (Å²) in [6.45, 7) is 0.380. The predicted octanol–water partition coefficient (Wildman–Crippen LogP) is 3.25. The average molecular weight is 373 g/mol. The highest BCUT2D eigenvalue weighted by molar-refractivity contribution is 6.33. The molecule has 0 spiro atoms. The lowest BCUT2D eigenvalue weighted by Crippen LogP contribution is -2.28. The van der Waals surface area contributed by atoms with Crippen LogP contribution in [0.5, 0.6) is 0 Å². The van der Waals surface area contributed by atoms with Crippen molar-refractivity contribution in [1.29, 1.82) is 0 Å². The van der Waals surface area contributed by atoms with Crippen LogP contribution < -0.4 is 20.4 Å². The van der Waals surface area contributed by atoms with Crippen molar-refractivity contribution in [2.75, 3.05) is 36.3 Å². The second kappa shape index (κ2) is 7.25. The molecule has 2 N–H and O–H groups in total. The molecule has 3 rings (SSSR count). The Morgan fingerprint density at radius 1 is 1.23 bits per heavy atom. The Bertz CT molecular complexity index is 867. The number of rotatable bonds is 4. The molecule has 7 heteroatoms. The van der Waals surface area contributed by atoms with Gasteiger partial charge in [0.25, 0.3) is 0 Å². The van der Waals surface area contributed by atoms with Gasteiger partial charge in [-0.3, -0.25) is 4.79 Å². The van der Waals surface area contributed by atoms with E-state index in [1.165, 1.54) is 0 Å². The van der Waals surface area contributed by atoms with E-state index >= 15 is 0 Å². The Kier molecular flexibility index (Phi) is 5.04. The number of carbonyl (C=O) groups excluding carboxylic acids is 2. The number of carbonyl (C=O) groups is 2. The molecule has 0 bridgehead atoms. The number of hydrogen-bond donors (Lipinski definition) is 2. The Morgan fingerprint density at radius 2 is 2.00 bits per heavy atom. The highest BCUT2D eigenvalue weighted by Crippen LogP contribution is 2.29. The molecule has 0 saturated carbocycles. The predicted molar refractivity (Wildman–Crippen MR) is 105 cm³/mol. The first-order chi connectivity index (χ1) is 12.3. The van der Waals surface area contributed by atoms with Gasteiger partial charge in [0.15, 0.2) is 0 Å². The zero-order valence-electron chi connectivity index (χ0n) is 15.0. The average Bonchev–Trinajstić information content (AvgIpc) is 2.88. The summed E-state index contributed by atoms with van der Waals surface area (Å²) in [5, 5.41) is 6.26. The van der Waals surface area contributed by atoms with Gasteiger partial charge in [0.1, 0.15) is 0 Å². The Hall–Kier alpha value is -2.73. The zero-order chi connectivity index (χ0) is 18.8. The number of fused-ring (bicyclic) bond motifs is 1. The minimum absolute atomic E-state index is 0.0855. The van der Waals surface area contributed by atoms with Gasteiger partial charge in [0.05, 0.1) is 17.1 Å². The summed E-state index contributed by atoms with van der Waals surface area (Å²) in [5.41, 5.74) is 4.37. The third kappa shape index (κ3) is 3.75. The van der Waals surface area contributed by atoms with Gasteiger partial charge in [0, 0.05) is 39.1 Å². The number of likely N-dealkylation sites (N-methyl/N-ethyl adjacent to an activating group) is 1. The quantitative estimate of drug-likeness (QED) is 0.865. The van der Waals surface area contributed by atoms with Crippen molar-refractivity contribution in [3.63, 3.8) is 0 Å². The molecule has 3 amide bonds. The molecule has 0 radical (unpaired) electrons. The van der Waals surface area contributed by atoms with Crippen molar-refractivity contribution < 1.29 is 9.59 Å². The van der Waals surface area contributed by atoms with Crippen LogP contribution >= 0.6 is 11.6 Å². The third-order valence-corrected chi connectivity index (χ3v) is 4.68. The van der Waals surface area contributed by atoms with Crippen molar-refractivity contribution in [2.24, 2.45) is 0 Å². The number of urea groups is 1. The van der Waals surface area contributed by atoms with Gasteiger partial charge in [-0.25, -0.2) is 4.79 Å². The molecule has 2 aromatic rings. The smallest absolute Gasteiger partial charge is 0.319 e. The summed E-state index contributed by atoms with van der Waals surface area (Å²) in [4.78, 5) is 27.4. The van der Waals surface area contributed by atoms with Crippen LogP contribution in [0.15, 0.2) is 36.4 Å². The molecule has 0 aromatic heterocycles. The summed E-state index contributed by atoms with van der Waals surface area (Å²) >= 11 is 6.14. The fourth-order valence-corrected chi connectivity index (χ4v) is 3.21. The molecular weight excluding hydrogens is 352 g/mol. The van der Waals surface area contributed by atoms with Crippen molar-refractivity contribution in [1.82, 2.24) is 5.32 Å². The number of benzene rings is 2. The number of halogens is 1. The van der Waals surface area contributed by atoms with Crippen LogP contribution in [0.1, 0.15) is 11.1 Å². The van der Waals surface area contributed by atoms with E-state index in [1.54, 1.807) is 24.1 Å². The van der Waals surface area contributed by atoms with E-state index in [0.29, 0.717) is 23.7 Å². The topological polar surface area (TPSA) is 64.7 Å². The summed E-state index contributed by atoms with van der Waals surface area (Å²) < 4.78 is 0. The van der Waals surface area contributed by atoms with Crippen LogP contribution in [0, 0.1) is 0 Å². The zero-order valence-corrected chi connectivity index (χ0v) is 15.7. The summed E-state index contributed by atoms with van der Waals surface area (Å²) in [6.07, 6.45) is 0.407. The first-order valence-corrected chi connectivity index (χ1v) is 8.63. The maximum Gasteiger partial charge on any atom is 0.319 e. The molecule has 1 heterocycles. The van der Waals surface area contributed by atoms with E-state index in [2.05, 4.69) is 10.6 Å². The van der Waals surface area contributed by atoms with Crippen molar-refractivity contribution in [3.8, 4) is 0 Å².